The third kappa shape index (κ3) is 3.65. The molecule has 0 spiro atoms. The lowest BCUT2D eigenvalue weighted by Crippen LogP contribution is -1.60. The van der Waals surface area contributed by atoms with Crippen molar-refractivity contribution in [2.75, 3.05) is 0 Å². The summed E-state index contributed by atoms with van der Waals surface area (Å²) >= 11 is 0. The lowest BCUT2D eigenvalue weighted by molar-refractivity contribution is 1.13. The van der Waals surface area contributed by atoms with E-state index in [4.69, 9.17) is 0 Å². The number of allylic oxidation sites excluding steroid dienone is 2. The third-order valence-electron chi connectivity index (χ3n) is 0.530. The van der Waals surface area contributed by atoms with E-state index in [0.29, 0.717) is 0 Å². The van der Waals surface area contributed by atoms with Crippen LogP contribution in [0.15, 0.2) is 5.57 Å². The van der Waals surface area contributed by atoms with Crippen molar-refractivity contribution >= 4 is 0 Å². The SMILES string of the molecule is CC[C+]=C(C)C. The van der Waals surface area contributed by atoms with E-state index >= 15 is 0 Å². The van der Waals surface area contributed by atoms with Crippen molar-refractivity contribution < 1.29 is 0 Å². The molecule has 34 valence electrons. The van der Waals surface area contributed by atoms with Gasteiger partial charge in [0.15, 0.2) is 12.0 Å². The summed E-state index contributed by atoms with van der Waals surface area (Å²) in [4.78, 5) is 0. The Balaban J connectivity index is 3.14. The van der Waals surface area contributed by atoms with Gasteiger partial charge in [0, 0.05) is 13.8 Å². The van der Waals surface area contributed by atoms with E-state index in [1.54, 1.807) is 0 Å². The van der Waals surface area contributed by atoms with E-state index in [9.17, 15) is 0 Å². The molecule has 0 heteroatoms. The quantitative estimate of drug-likeness (QED) is 0.426. The maximum absolute atomic E-state index is 3.12. The van der Waals surface area contributed by atoms with Gasteiger partial charge in [-0.15, -0.1) is 0 Å². The Bertz CT molecular complexity index is 47.1. The summed E-state index contributed by atoms with van der Waals surface area (Å²) in [5.74, 6) is 0. The first-order valence-electron chi connectivity index (χ1n) is 2.31. The summed E-state index contributed by atoms with van der Waals surface area (Å²) in [6.07, 6.45) is 4.17. The van der Waals surface area contributed by atoms with Crippen LogP contribution >= 0.6 is 0 Å². The molecule has 0 saturated carbocycles. The van der Waals surface area contributed by atoms with Crippen molar-refractivity contribution in [3.05, 3.63) is 11.6 Å². The Kier molecular flexibility index (Phi) is 2.70. The Hall–Kier alpha value is -0.350. The minimum absolute atomic E-state index is 1.04. The molecule has 0 nitrogen and oxygen atoms in total. The second-order valence-electron chi connectivity index (χ2n) is 1.53. The molecule has 0 bridgehead atoms. The fourth-order valence-corrected chi connectivity index (χ4v) is 0.354. The highest BCUT2D eigenvalue weighted by molar-refractivity contribution is 4.84. The second kappa shape index (κ2) is 2.87. The summed E-state index contributed by atoms with van der Waals surface area (Å²) in [6, 6.07) is 0. The van der Waals surface area contributed by atoms with Gasteiger partial charge in [0.2, 0.25) is 6.08 Å². The molecule has 0 aromatic carbocycles. The van der Waals surface area contributed by atoms with Crippen LogP contribution < -0.4 is 0 Å². The number of rotatable bonds is 1. The van der Waals surface area contributed by atoms with Gasteiger partial charge in [0.05, 0.1) is 0 Å². The monoisotopic (exact) mass is 83.1 g/mol. The van der Waals surface area contributed by atoms with Crippen LogP contribution in [0.25, 0.3) is 0 Å². The smallest absolute Gasteiger partial charge is 0.0142 e. The minimum Gasteiger partial charge on any atom is -0.0142 e. The van der Waals surface area contributed by atoms with Crippen LogP contribution in [0.4, 0.5) is 0 Å². The van der Waals surface area contributed by atoms with E-state index in [-0.39, 0.29) is 0 Å². The maximum Gasteiger partial charge on any atom is 0.220 e. The van der Waals surface area contributed by atoms with Gasteiger partial charge in [0.1, 0.15) is 0 Å². The van der Waals surface area contributed by atoms with Crippen LogP contribution in [0.1, 0.15) is 27.2 Å². The normalized spacial score (nSPS) is 7.17. The Morgan fingerprint density at radius 3 is 2.00 bits per heavy atom. The Morgan fingerprint density at radius 1 is 1.50 bits per heavy atom. The highest BCUT2D eigenvalue weighted by Gasteiger charge is 1.87. The third-order valence-corrected chi connectivity index (χ3v) is 0.530. The summed E-state index contributed by atoms with van der Waals surface area (Å²) in [5.41, 5.74) is 1.29. The lowest BCUT2D eigenvalue weighted by Gasteiger charge is -1.61. The molecule has 0 rings (SSSR count). The molecule has 0 heterocycles. The molecule has 6 heavy (non-hydrogen) atoms. The highest BCUT2D eigenvalue weighted by atomic mass is 13.7. The van der Waals surface area contributed by atoms with Gasteiger partial charge in [-0.3, -0.25) is 0 Å². The van der Waals surface area contributed by atoms with Gasteiger partial charge in [-0.25, -0.2) is 0 Å². The van der Waals surface area contributed by atoms with Crippen molar-refractivity contribution in [2.45, 2.75) is 27.2 Å². The van der Waals surface area contributed by atoms with E-state index < -0.39 is 0 Å². The molecule has 0 radical (unpaired) electrons. The predicted octanol–water partition coefficient (Wildman–Crippen LogP) is 2.17. The molecule has 0 amide bonds. The highest BCUT2D eigenvalue weighted by Crippen LogP contribution is 1.87. The summed E-state index contributed by atoms with van der Waals surface area (Å²) < 4.78 is 0. The molecular formula is C6H11+. The summed E-state index contributed by atoms with van der Waals surface area (Å²) in [5, 5.41) is 0. The van der Waals surface area contributed by atoms with Crippen molar-refractivity contribution in [1.29, 1.82) is 0 Å². The Morgan fingerprint density at radius 2 is 2.00 bits per heavy atom. The van der Waals surface area contributed by atoms with E-state index in [2.05, 4.69) is 26.8 Å². The summed E-state index contributed by atoms with van der Waals surface area (Å²) in [6.45, 7) is 6.21. The topological polar surface area (TPSA) is 0 Å². The van der Waals surface area contributed by atoms with Crippen LogP contribution in [0.3, 0.4) is 0 Å². The van der Waals surface area contributed by atoms with Crippen molar-refractivity contribution in [2.24, 2.45) is 0 Å². The largest absolute Gasteiger partial charge is 0.220 e. The molecule has 0 saturated heterocycles. The van der Waals surface area contributed by atoms with Crippen LogP contribution in [0.5, 0.6) is 0 Å². The van der Waals surface area contributed by atoms with Crippen LogP contribution in [-0.4, -0.2) is 0 Å². The molecule has 0 N–H and O–H groups in total. The minimum atomic E-state index is 1.04. The zero-order valence-electron chi connectivity index (χ0n) is 4.71. The van der Waals surface area contributed by atoms with Gasteiger partial charge in [-0.2, -0.15) is 0 Å². The lowest BCUT2D eigenvalue weighted by atomic mass is 10.3. The standard InChI is InChI=1S/C6H11/c1-4-5-6(2)3/h4H2,1-3H3/q+1. The predicted molar refractivity (Wildman–Crippen MR) is 28.4 cm³/mol. The second-order valence-corrected chi connectivity index (χ2v) is 1.53. The average Bonchev–Trinajstić information content (AvgIpc) is 1.35. The fraction of sp³-hybridized carbons (Fsp3) is 0.667. The first-order valence-corrected chi connectivity index (χ1v) is 2.31. The molecular weight excluding hydrogens is 72.1 g/mol. The van der Waals surface area contributed by atoms with Crippen molar-refractivity contribution in [1.82, 2.24) is 0 Å². The molecule has 0 aliphatic rings. The molecule has 0 aromatic rings. The van der Waals surface area contributed by atoms with E-state index in [1.165, 1.54) is 5.57 Å². The zero-order valence-corrected chi connectivity index (χ0v) is 4.71. The van der Waals surface area contributed by atoms with Gasteiger partial charge in [-0.1, -0.05) is 0 Å². The fourth-order valence-electron chi connectivity index (χ4n) is 0.354. The molecule has 0 unspecified atom stereocenters. The Labute approximate surface area is 39.9 Å². The maximum atomic E-state index is 3.12. The molecule has 0 fully saturated rings. The van der Waals surface area contributed by atoms with Gasteiger partial charge < -0.3 is 0 Å². The van der Waals surface area contributed by atoms with Gasteiger partial charge >= 0.3 is 0 Å². The average molecular weight is 83.2 g/mol. The first kappa shape index (κ1) is 5.65. The van der Waals surface area contributed by atoms with E-state index in [1.807, 2.05) is 0 Å². The summed E-state index contributed by atoms with van der Waals surface area (Å²) in [7, 11) is 0. The molecule has 0 aliphatic heterocycles. The van der Waals surface area contributed by atoms with Gasteiger partial charge in [0.25, 0.3) is 0 Å². The molecule has 0 aromatic heterocycles. The number of hydrogen-bond donors (Lipinski definition) is 0. The van der Waals surface area contributed by atoms with Gasteiger partial charge in [-0.05, 0) is 6.92 Å². The van der Waals surface area contributed by atoms with Crippen LogP contribution in [-0.2, 0) is 0 Å². The molecule has 0 aliphatic carbocycles. The first-order chi connectivity index (χ1) is 2.77. The van der Waals surface area contributed by atoms with Crippen molar-refractivity contribution in [3.63, 3.8) is 0 Å². The van der Waals surface area contributed by atoms with Crippen LogP contribution in [0.2, 0.25) is 0 Å². The van der Waals surface area contributed by atoms with Crippen molar-refractivity contribution in [3.8, 4) is 0 Å². The molecule has 0 atom stereocenters. The van der Waals surface area contributed by atoms with Crippen LogP contribution in [0, 0.1) is 6.08 Å². The van der Waals surface area contributed by atoms with E-state index in [0.717, 1.165) is 6.42 Å². The zero-order chi connectivity index (χ0) is 4.99. The number of hydrogen-bond acceptors (Lipinski definition) is 0.